The number of alkyl halides is 1. The average Bonchev–Trinajstić information content (AvgIpc) is 2.77. The van der Waals surface area contributed by atoms with Gasteiger partial charge in [-0.15, -0.1) is 11.6 Å². The predicted molar refractivity (Wildman–Crippen MR) is 64.0 cm³/mol. The molecule has 0 bridgehead atoms. The number of benzene rings is 1. The van der Waals surface area contributed by atoms with Crippen LogP contribution in [0, 0.1) is 10.1 Å². The molecular formula is C11H10ClN3O2. The number of halogens is 1. The van der Waals surface area contributed by atoms with Crippen LogP contribution in [-0.4, -0.2) is 14.7 Å². The topological polar surface area (TPSA) is 61.0 Å². The molecule has 2 aromatic rings. The van der Waals surface area contributed by atoms with Gasteiger partial charge in [0.15, 0.2) is 0 Å². The normalized spacial score (nSPS) is 10.4. The molecule has 1 aromatic carbocycles. The molecule has 0 atom stereocenters. The first-order valence-corrected chi connectivity index (χ1v) is 5.53. The van der Waals surface area contributed by atoms with Crippen molar-refractivity contribution in [1.29, 1.82) is 0 Å². The summed E-state index contributed by atoms with van der Waals surface area (Å²) in [6.45, 7) is 0.499. The molecule has 0 aliphatic rings. The Balaban J connectivity index is 2.18. The van der Waals surface area contributed by atoms with Crippen LogP contribution in [0.15, 0.2) is 36.7 Å². The van der Waals surface area contributed by atoms with E-state index in [1.54, 1.807) is 23.0 Å². The SMILES string of the molecule is O=[N+]([O-])c1cccc(Cn2cc(CCl)cn2)c1. The number of rotatable bonds is 4. The van der Waals surface area contributed by atoms with Crippen LogP contribution in [0.3, 0.4) is 0 Å². The zero-order valence-corrected chi connectivity index (χ0v) is 9.67. The largest absolute Gasteiger partial charge is 0.269 e. The summed E-state index contributed by atoms with van der Waals surface area (Å²) in [7, 11) is 0. The maximum atomic E-state index is 10.6. The van der Waals surface area contributed by atoms with Crippen molar-refractivity contribution >= 4 is 17.3 Å². The van der Waals surface area contributed by atoms with Gasteiger partial charge in [-0.1, -0.05) is 12.1 Å². The number of nitrogens with zero attached hydrogens (tertiary/aromatic N) is 3. The number of nitro benzene ring substituents is 1. The molecule has 0 saturated heterocycles. The van der Waals surface area contributed by atoms with Gasteiger partial charge in [0.1, 0.15) is 0 Å². The van der Waals surface area contributed by atoms with Crippen LogP contribution in [0.25, 0.3) is 0 Å². The first-order valence-electron chi connectivity index (χ1n) is 4.99. The Labute approximate surface area is 103 Å². The van der Waals surface area contributed by atoms with E-state index in [1.165, 1.54) is 6.07 Å². The molecule has 0 saturated carbocycles. The molecule has 1 heterocycles. The minimum absolute atomic E-state index is 0.0900. The second-order valence-corrected chi connectivity index (χ2v) is 3.87. The van der Waals surface area contributed by atoms with Crippen molar-refractivity contribution < 1.29 is 4.92 Å². The van der Waals surface area contributed by atoms with Gasteiger partial charge in [-0.2, -0.15) is 5.10 Å². The molecule has 88 valence electrons. The monoisotopic (exact) mass is 251 g/mol. The zero-order valence-electron chi connectivity index (χ0n) is 8.91. The van der Waals surface area contributed by atoms with Crippen molar-refractivity contribution in [2.24, 2.45) is 0 Å². The molecule has 17 heavy (non-hydrogen) atoms. The van der Waals surface area contributed by atoms with Crippen molar-refractivity contribution in [1.82, 2.24) is 9.78 Å². The van der Waals surface area contributed by atoms with Crippen LogP contribution in [0.5, 0.6) is 0 Å². The third-order valence-corrected chi connectivity index (χ3v) is 2.62. The lowest BCUT2D eigenvalue weighted by Gasteiger charge is -2.01. The van der Waals surface area contributed by atoms with Crippen LogP contribution >= 0.6 is 11.6 Å². The van der Waals surface area contributed by atoms with E-state index in [0.717, 1.165) is 11.1 Å². The molecular weight excluding hydrogens is 242 g/mol. The standard InChI is InChI=1S/C11H10ClN3O2/c12-5-10-6-13-14(8-10)7-9-2-1-3-11(4-9)15(16)17/h1-4,6,8H,5,7H2. The van der Waals surface area contributed by atoms with Gasteiger partial charge in [-0.25, -0.2) is 0 Å². The van der Waals surface area contributed by atoms with Crippen molar-refractivity contribution in [3.05, 3.63) is 57.9 Å². The highest BCUT2D eigenvalue weighted by molar-refractivity contribution is 6.17. The maximum absolute atomic E-state index is 10.6. The first kappa shape index (κ1) is 11.6. The molecule has 6 heteroatoms. The fourth-order valence-corrected chi connectivity index (χ4v) is 1.66. The number of non-ortho nitro benzene ring substituents is 1. The molecule has 5 nitrogen and oxygen atoms in total. The summed E-state index contributed by atoms with van der Waals surface area (Å²) >= 11 is 5.67. The van der Waals surface area contributed by atoms with Gasteiger partial charge in [0.25, 0.3) is 5.69 Å². The van der Waals surface area contributed by atoms with Crippen LogP contribution < -0.4 is 0 Å². The van der Waals surface area contributed by atoms with Crippen molar-refractivity contribution in [2.75, 3.05) is 0 Å². The summed E-state index contributed by atoms with van der Waals surface area (Å²) in [5, 5.41) is 14.7. The molecule has 0 aliphatic carbocycles. The summed E-state index contributed by atoms with van der Waals surface area (Å²) in [6, 6.07) is 6.51. The molecule has 0 unspecified atom stereocenters. The molecule has 0 aliphatic heterocycles. The molecule has 0 spiro atoms. The Morgan fingerprint density at radius 3 is 2.88 bits per heavy atom. The van der Waals surface area contributed by atoms with Gasteiger partial charge >= 0.3 is 0 Å². The summed E-state index contributed by atoms with van der Waals surface area (Å²) in [5.74, 6) is 0.412. The lowest BCUT2D eigenvalue weighted by molar-refractivity contribution is -0.384. The van der Waals surface area contributed by atoms with Crippen molar-refractivity contribution in [3.8, 4) is 0 Å². The van der Waals surface area contributed by atoms with Gasteiger partial charge in [-0.3, -0.25) is 14.8 Å². The Morgan fingerprint density at radius 2 is 2.24 bits per heavy atom. The summed E-state index contributed by atoms with van der Waals surface area (Å²) in [4.78, 5) is 10.2. The van der Waals surface area contributed by atoms with E-state index in [0.29, 0.717) is 12.4 Å². The zero-order chi connectivity index (χ0) is 12.3. The Bertz CT molecular complexity index is 539. The smallest absolute Gasteiger partial charge is 0.268 e. The first-order chi connectivity index (χ1) is 8.19. The minimum atomic E-state index is -0.406. The molecule has 0 fully saturated rings. The van der Waals surface area contributed by atoms with Crippen LogP contribution in [0.4, 0.5) is 5.69 Å². The Kier molecular flexibility index (Phi) is 3.39. The van der Waals surface area contributed by atoms with Crippen LogP contribution in [0.2, 0.25) is 0 Å². The summed E-state index contributed by atoms with van der Waals surface area (Å²) in [5.41, 5.74) is 1.85. The molecule has 2 rings (SSSR count). The second kappa shape index (κ2) is 4.97. The highest BCUT2D eigenvalue weighted by Crippen LogP contribution is 2.14. The Morgan fingerprint density at radius 1 is 1.41 bits per heavy atom. The highest BCUT2D eigenvalue weighted by atomic mass is 35.5. The van der Waals surface area contributed by atoms with E-state index >= 15 is 0 Å². The minimum Gasteiger partial charge on any atom is -0.268 e. The van der Waals surface area contributed by atoms with Crippen LogP contribution in [-0.2, 0) is 12.4 Å². The van der Waals surface area contributed by atoms with Gasteiger partial charge < -0.3 is 0 Å². The van der Waals surface area contributed by atoms with E-state index < -0.39 is 4.92 Å². The third-order valence-electron chi connectivity index (χ3n) is 2.31. The lowest BCUT2D eigenvalue weighted by Crippen LogP contribution is -2.00. The Hall–Kier alpha value is -1.88. The number of hydrogen-bond acceptors (Lipinski definition) is 3. The maximum Gasteiger partial charge on any atom is 0.269 e. The fraction of sp³-hybridized carbons (Fsp3) is 0.182. The highest BCUT2D eigenvalue weighted by Gasteiger charge is 2.06. The van der Waals surface area contributed by atoms with Crippen molar-refractivity contribution in [3.63, 3.8) is 0 Å². The van der Waals surface area contributed by atoms with E-state index in [1.807, 2.05) is 12.3 Å². The molecule has 1 aromatic heterocycles. The number of aromatic nitrogens is 2. The van der Waals surface area contributed by atoms with Gasteiger partial charge in [0.2, 0.25) is 0 Å². The van der Waals surface area contributed by atoms with Gasteiger partial charge in [0.05, 0.1) is 23.5 Å². The number of nitro groups is 1. The average molecular weight is 252 g/mol. The molecule has 0 N–H and O–H groups in total. The number of hydrogen-bond donors (Lipinski definition) is 0. The molecule has 0 radical (unpaired) electrons. The van der Waals surface area contributed by atoms with E-state index in [9.17, 15) is 10.1 Å². The van der Waals surface area contributed by atoms with E-state index in [2.05, 4.69) is 5.10 Å². The van der Waals surface area contributed by atoms with Crippen molar-refractivity contribution in [2.45, 2.75) is 12.4 Å². The predicted octanol–water partition coefficient (Wildman–Crippen LogP) is 2.58. The lowest BCUT2D eigenvalue weighted by atomic mass is 10.2. The van der Waals surface area contributed by atoms with E-state index in [4.69, 9.17) is 11.6 Å². The summed E-state index contributed by atoms with van der Waals surface area (Å²) < 4.78 is 1.71. The summed E-state index contributed by atoms with van der Waals surface area (Å²) in [6.07, 6.45) is 3.51. The molecule has 0 amide bonds. The third kappa shape index (κ3) is 2.82. The van der Waals surface area contributed by atoms with Gasteiger partial charge in [-0.05, 0) is 5.56 Å². The quantitative estimate of drug-likeness (QED) is 0.477. The van der Waals surface area contributed by atoms with Crippen LogP contribution in [0.1, 0.15) is 11.1 Å². The second-order valence-electron chi connectivity index (χ2n) is 3.61. The fourth-order valence-electron chi connectivity index (χ4n) is 1.52. The van der Waals surface area contributed by atoms with Gasteiger partial charge in [0, 0.05) is 23.9 Å². The van der Waals surface area contributed by atoms with E-state index in [-0.39, 0.29) is 5.69 Å².